The number of benzene rings is 1. The van der Waals surface area contributed by atoms with E-state index in [-0.39, 0.29) is 29.8 Å². The molecule has 0 unspecified atom stereocenters. The van der Waals surface area contributed by atoms with Crippen LogP contribution in [0.25, 0.3) is 0 Å². The zero-order chi connectivity index (χ0) is 11.0. The molecule has 5 nitrogen and oxygen atoms in total. The van der Waals surface area contributed by atoms with Gasteiger partial charge in [-0.05, 0) is 12.1 Å². The second-order valence-electron chi connectivity index (χ2n) is 3.40. The Labute approximate surface area is 86.8 Å². The molecular weight excluding hydrogens is 198 g/mol. The van der Waals surface area contributed by atoms with Crippen molar-refractivity contribution in [1.29, 1.82) is 0 Å². The van der Waals surface area contributed by atoms with Crippen molar-refractivity contribution < 1.29 is 19.4 Å². The zero-order valence-corrected chi connectivity index (χ0v) is 8.48. The van der Waals surface area contributed by atoms with E-state index >= 15 is 0 Å². The summed E-state index contributed by atoms with van der Waals surface area (Å²) in [6.45, 7) is 0.0719. The Bertz CT molecular complexity index is 414. The van der Waals surface area contributed by atoms with E-state index < -0.39 is 0 Å². The van der Waals surface area contributed by atoms with Crippen LogP contribution in [0.5, 0.6) is 17.2 Å². The Morgan fingerprint density at radius 1 is 1.40 bits per heavy atom. The van der Waals surface area contributed by atoms with E-state index in [1.807, 2.05) is 0 Å². The van der Waals surface area contributed by atoms with E-state index in [2.05, 4.69) is 0 Å². The lowest BCUT2D eigenvalue weighted by Gasteiger charge is -2.12. The first-order valence-corrected chi connectivity index (χ1v) is 4.44. The molecule has 0 aliphatic carbocycles. The number of hydrogen-bond acceptors (Lipinski definition) is 4. The molecule has 0 spiro atoms. The van der Waals surface area contributed by atoms with Crippen molar-refractivity contribution in [3.63, 3.8) is 0 Å². The molecule has 0 fully saturated rings. The SMILES string of the molecule is CN(C)C(=O)c1ccc2c(c1O)OCO2. The van der Waals surface area contributed by atoms with Gasteiger partial charge in [0.1, 0.15) is 0 Å². The molecule has 1 aromatic rings. The van der Waals surface area contributed by atoms with Gasteiger partial charge in [-0.25, -0.2) is 0 Å². The summed E-state index contributed by atoms with van der Waals surface area (Å²) in [5.41, 5.74) is 0.212. The van der Waals surface area contributed by atoms with Gasteiger partial charge in [-0.1, -0.05) is 0 Å². The molecule has 1 amide bonds. The maximum atomic E-state index is 11.6. The molecule has 1 aromatic carbocycles. The number of amides is 1. The summed E-state index contributed by atoms with van der Waals surface area (Å²) in [4.78, 5) is 13.0. The molecule has 0 atom stereocenters. The minimum Gasteiger partial charge on any atom is -0.504 e. The first-order valence-electron chi connectivity index (χ1n) is 4.44. The first kappa shape index (κ1) is 9.64. The van der Waals surface area contributed by atoms with Crippen molar-refractivity contribution in [3.8, 4) is 17.2 Å². The average molecular weight is 209 g/mol. The van der Waals surface area contributed by atoms with Gasteiger partial charge >= 0.3 is 0 Å². The quantitative estimate of drug-likeness (QED) is 0.744. The van der Waals surface area contributed by atoms with Gasteiger partial charge in [0.25, 0.3) is 5.91 Å². The Balaban J connectivity index is 2.47. The van der Waals surface area contributed by atoms with E-state index in [1.165, 1.54) is 11.0 Å². The lowest BCUT2D eigenvalue weighted by Crippen LogP contribution is -2.21. The smallest absolute Gasteiger partial charge is 0.257 e. The van der Waals surface area contributed by atoms with E-state index in [0.717, 1.165) is 0 Å². The third-order valence-corrected chi connectivity index (χ3v) is 2.15. The van der Waals surface area contributed by atoms with Gasteiger partial charge in [0.05, 0.1) is 5.56 Å². The maximum Gasteiger partial charge on any atom is 0.257 e. The van der Waals surface area contributed by atoms with Gasteiger partial charge in [-0.3, -0.25) is 4.79 Å². The Hall–Kier alpha value is -1.91. The molecule has 80 valence electrons. The van der Waals surface area contributed by atoms with E-state index in [1.54, 1.807) is 20.2 Å². The fourth-order valence-corrected chi connectivity index (χ4v) is 1.37. The van der Waals surface area contributed by atoms with Crippen LogP contribution in [-0.4, -0.2) is 36.8 Å². The van der Waals surface area contributed by atoms with Crippen LogP contribution in [0.3, 0.4) is 0 Å². The molecule has 0 bridgehead atoms. The molecule has 0 aromatic heterocycles. The van der Waals surface area contributed by atoms with Crippen LogP contribution < -0.4 is 9.47 Å². The predicted molar refractivity (Wildman–Crippen MR) is 52.2 cm³/mol. The molecule has 1 heterocycles. The van der Waals surface area contributed by atoms with Crippen LogP contribution in [0.1, 0.15) is 10.4 Å². The molecular formula is C10H11NO4. The minimum atomic E-state index is -0.272. The van der Waals surface area contributed by atoms with E-state index in [9.17, 15) is 9.90 Å². The van der Waals surface area contributed by atoms with Crippen molar-refractivity contribution in [2.24, 2.45) is 0 Å². The average Bonchev–Trinajstić information content (AvgIpc) is 2.66. The maximum absolute atomic E-state index is 11.6. The van der Waals surface area contributed by atoms with E-state index in [4.69, 9.17) is 9.47 Å². The lowest BCUT2D eigenvalue weighted by atomic mass is 10.1. The van der Waals surface area contributed by atoms with Crippen molar-refractivity contribution >= 4 is 5.91 Å². The van der Waals surface area contributed by atoms with Crippen LogP contribution in [0.4, 0.5) is 0 Å². The van der Waals surface area contributed by atoms with Gasteiger partial charge in [0.2, 0.25) is 12.5 Å². The number of phenols is 1. The highest BCUT2D eigenvalue weighted by atomic mass is 16.7. The van der Waals surface area contributed by atoms with Crippen molar-refractivity contribution in [3.05, 3.63) is 17.7 Å². The van der Waals surface area contributed by atoms with Gasteiger partial charge < -0.3 is 19.5 Å². The Kier molecular flexibility index (Phi) is 2.15. The second kappa shape index (κ2) is 3.34. The predicted octanol–water partition coefficient (Wildman–Crippen LogP) is 0.823. The van der Waals surface area contributed by atoms with Gasteiger partial charge in [0.15, 0.2) is 11.5 Å². The highest BCUT2D eigenvalue weighted by molar-refractivity contribution is 5.97. The number of nitrogens with zero attached hydrogens (tertiary/aromatic N) is 1. The monoisotopic (exact) mass is 209 g/mol. The minimum absolute atomic E-state index is 0.0719. The van der Waals surface area contributed by atoms with Crippen molar-refractivity contribution in [2.45, 2.75) is 0 Å². The molecule has 1 aliphatic heterocycles. The summed E-state index contributed by atoms with van der Waals surface area (Å²) in [5, 5.41) is 9.78. The number of aromatic hydroxyl groups is 1. The largest absolute Gasteiger partial charge is 0.504 e. The topological polar surface area (TPSA) is 59.0 Å². The third kappa shape index (κ3) is 1.45. The third-order valence-electron chi connectivity index (χ3n) is 2.15. The Morgan fingerprint density at radius 3 is 2.80 bits per heavy atom. The van der Waals surface area contributed by atoms with Gasteiger partial charge in [-0.2, -0.15) is 0 Å². The lowest BCUT2D eigenvalue weighted by molar-refractivity contribution is 0.0824. The summed E-state index contributed by atoms with van der Waals surface area (Å²) in [7, 11) is 3.23. The van der Waals surface area contributed by atoms with Crippen LogP contribution in [0.2, 0.25) is 0 Å². The summed E-state index contributed by atoms with van der Waals surface area (Å²) >= 11 is 0. The number of carbonyl (C=O) groups is 1. The molecule has 0 radical (unpaired) electrons. The van der Waals surface area contributed by atoms with E-state index in [0.29, 0.717) is 5.75 Å². The summed E-state index contributed by atoms with van der Waals surface area (Å²) in [5.74, 6) is 0.264. The molecule has 1 N–H and O–H groups in total. The molecule has 5 heteroatoms. The number of hydrogen-bond donors (Lipinski definition) is 1. The molecule has 0 saturated carbocycles. The summed E-state index contributed by atoms with van der Waals surface area (Å²) in [6.07, 6.45) is 0. The molecule has 0 saturated heterocycles. The summed E-state index contributed by atoms with van der Waals surface area (Å²) in [6, 6.07) is 3.13. The van der Waals surface area contributed by atoms with Gasteiger partial charge in [-0.15, -0.1) is 0 Å². The normalized spacial score (nSPS) is 12.7. The van der Waals surface area contributed by atoms with Crippen LogP contribution in [0.15, 0.2) is 12.1 Å². The number of ether oxygens (including phenoxy) is 2. The van der Waals surface area contributed by atoms with Crippen LogP contribution in [0, 0.1) is 0 Å². The van der Waals surface area contributed by atoms with Crippen molar-refractivity contribution in [1.82, 2.24) is 4.90 Å². The fourth-order valence-electron chi connectivity index (χ4n) is 1.37. The number of fused-ring (bicyclic) bond motifs is 1. The molecule has 1 aliphatic rings. The van der Waals surface area contributed by atoms with Crippen LogP contribution in [-0.2, 0) is 0 Å². The number of carbonyl (C=O) groups excluding carboxylic acids is 1. The molecule has 2 rings (SSSR count). The highest BCUT2D eigenvalue weighted by Crippen LogP contribution is 2.42. The molecule has 15 heavy (non-hydrogen) atoms. The number of phenolic OH excluding ortho intramolecular Hbond substituents is 1. The second-order valence-corrected chi connectivity index (χ2v) is 3.40. The van der Waals surface area contributed by atoms with Crippen LogP contribution >= 0.6 is 0 Å². The highest BCUT2D eigenvalue weighted by Gasteiger charge is 2.24. The number of rotatable bonds is 1. The standard InChI is InChI=1S/C10H11NO4/c1-11(2)10(13)6-3-4-7-9(8(6)12)15-5-14-7/h3-4,12H,5H2,1-2H3. The fraction of sp³-hybridized carbons (Fsp3) is 0.300. The van der Waals surface area contributed by atoms with Gasteiger partial charge in [0, 0.05) is 14.1 Å². The first-order chi connectivity index (χ1) is 7.11. The zero-order valence-electron chi connectivity index (χ0n) is 8.48. The van der Waals surface area contributed by atoms with Crippen molar-refractivity contribution in [2.75, 3.05) is 20.9 Å². The summed E-state index contributed by atoms with van der Waals surface area (Å²) < 4.78 is 10.1. The Morgan fingerprint density at radius 2 is 2.13 bits per heavy atom.